The van der Waals surface area contributed by atoms with E-state index < -0.39 is 5.60 Å². The van der Waals surface area contributed by atoms with Crippen LogP contribution in [0.15, 0.2) is 120 Å². The van der Waals surface area contributed by atoms with E-state index in [1.807, 2.05) is 48.5 Å². The molecule has 0 unspecified atom stereocenters. The molecule has 0 amide bonds. The number of fused-ring (bicyclic) bond motifs is 12. The van der Waals surface area contributed by atoms with Crippen molar-refractivity contribution in [2.75, 3.05) is 0 Å². The van der Waals surface area contributed by atoms with Crippen molar-refractivity contribution in [3.63, 3.8) is 0 Å². The molecule has 3 aliphatic carbocycles. The van der Waals surface area contributed by atoms with E-state index in [9.17, 15) is 19.2 Å². The fourth-order valence-corrected chi connectivity index (χ4v) is 13.8. The minimum Gasteiger partial charge on any atom is -0.479 e. The topological polar surface area (TPSA) is 77.5 Å². The van der Waals surface area contributed by atoms with Crippen LogP contribution in [0.4, 0.5) is 0 Å². The summed E-state index contributed by atoms with van der Waals surface area (Å²) in [6.07, 6.45) is 8.54. The van der Waals surface area contributed by atoms with Crippen molar-refractivity contribution in [1.82, 2.24) is 0 Å². The summed E-state index contributed by atoms with van der Waals surface area (Å²) in [5.41, 5.74) is 2.84. The summed E-state index contributed by atoms with van der Waals surface area (Å²) in [5.74, 6) is -0.0951. The average Bonchev–Trinajstić information content (AvgIpc) is 4.05. The molecule has 6 aromatic carbocycles. The molecule has 1 aliphatic heterocycles. The van der Waals surface area contributed by atoms with E-state index in [1.165, 1.54) is 0 Å². The third-order valence-corrected chi connectivity index (χ3v) is 16.5. The molecule has 3 aromatic heterocycles. The van der Waals surface area contributed by atoms with E-state index in [1.54, 1.807) is 46.2 Å². The van der Waals surface area contributed by atoms with Crippen molar-refractivity contribution in [2.24, 2.45) is 0 Å². The number of carbonyl (C=O) groups excluding carboxylic acids is 4. The molecule has 13 rings (SSSR count). The molecule has 1 saturated carbocycles. The van der Waals surface area contributed by atoms with Gasteiger partial charge in [0.15, 0.2) is 28.9 Å². The monoisotopic (exact) mass is 830 g/mol. The van der Waals surface area contributed by atoms with E-state index in [0.29, 0.717) is 22.3 Å². The molecule has 4 aliphatic rings. The van der Waals surface area contributed by atoms with Crippen LogP contribution in [0.1, 0.15) is 88.9 Å². The predicted octanol–water partition coefficient (Wildman–Crippen LogP) is 13.8. The van der Waals surface area contributed by atoms with Crippen molar-refractivity contribution in [1.29, 1.82) is 0 Å². The maximum atomic E-state index is 13.9. The van der Waals surface area contributed by atoms with Crippen LogP contribution >= 0.6 is 34.0 Å². The summed E-state index contributed by atoms with van der Waals surface area (Å²) in [4.78, 5) is 59.4. The zero-order valence-electron chi connectivity index (χ0n) is 31.8. The number of ether oxygens (including phenoxy) is 1. The fraction of sp³-hybridized carbons (Fsp3) is 0.115. The first-order valence-corrected chi connectivity index (χ1v) is 22.7. The third kappa shape index (κ3) is 4.89. The number of ketones is 4. The number of hydrogen-bond donors (Lipinski definition) is 0. The molecular formula is C52H30O5S3. The van der Waals surface area contributed by atoms with Gasteiger partial charge in [-0.05, 0) is 142 Å². The molecule has 60 heavy (non-hydrogen) atoms. The van der Waals surface area contributed by atoms with Crippen LogP contribution in [-0.2, 0) is 5.60 Å². The molecule has 0 saturated heterocycles. The van der Waals surface area contributed by atoms with Gasteiger partial charge in [0, 0.05) is 37.6 Å². The summed E-state index contributed by atoms with van der Waals surface area (Å²) in [6.45, 7) is 0. The lowest BCUT2D eigenvalue weighted by Gasteiger charge is -2.40. The molecule has 8 heteroatoms. The Morgan fingerprint density at radius 2 is 0.917 bits per heavy atom. The molecule has 4 heterocycles. The Kier molecular flexibility index (Phi) is 7.12. The smallest absolute Gasteiger partial charge is 0.197 e. The van der Waals surface area contributed by atoms with Gasteiger partial charge in [-0.1, -0.05) is 55.0 Å². The summed E-state index contributed by atoms with van der Waals surface area (Å²) >= 11 is 4.82. The first kappa shape index (κ1) is 34.5. The Morgan fingerprint density at radius 3 is 1.38 bits per heavy atom. The van der Waals surface area contributed by atoms with E-state index in [-0.39, 0.29) is 34.3 Å². The first-order chi connectivity index (χ1) is 29.3. The molecule has 286 valence electrons. The number of thiophene rings is 3. The van der Waals surface area contributed by atoms with Gasteiger partial charge in [0.05, 0.1) is 30.3 Å². The number of carbonyl (C=O) groups is 4. The minimum absolute atomic E-state index is 0.190. The maximum Gasteiger partial charge on any atom is 0.197 e. The van der Waals surface area contributed by atoms with Crippen molar-refractivity contribution in [3.05, 3.63) is 158 Å². The third-order valence-electron chi connectivity index (χ3n) is 13.0. The van der Waals surface area contributed by atoms with Gasteiger partial charge in [-0.3, -0.25) is 19.2 Å². The summed E-state index contributed by atoms with van der Waals surface area (Å²) in [6, 6.07) is 36.2. The van der Waals surface area contributed by atoms with E-state index in [4.69, 9.17) is 4.74 Å². The summed E-state index contributed by atoms with van der Waals surface area (Å²) in [5, 5.41) is 8.12. The van der Waals surface area contributed by atoms with E-state index in [0.717, 1.165) is 115 Å². The molecule has 5 nitrogen and oxygen atoms in total. The Hall–Kier alpha value is -6.32. The van der Waals surface area contributed by atoms with Gasteiger partial charge in [-0.25, -0.2) is 0 Å². The lowest BCUT2D eigenvalue weighted by Crippen LogP contribution is -2.37. The molecule has 0 radical (unpaired) electrons. The van der Waals surface area contributed by atoms with Gasteiger partial charge in [0.25, 0.3) is 0 Å². The highest BCUT2D eigenvalue weighted by atomic mass is 32.1. The molecule has 0 bridgehead atoms. The highest BCUT2D eigenvalue weighted by Crippen LogP contribution is 2.60. The van der Waals surface area contributed by atoms with Gasteiger partial charge in [-0.2, -0.15) is 0 Å². The van der Waals surface area contributed by atoms with Gasteiger partial charge >= 0.3 is 0 Å². The Morgan fingerprint density at radius 1 is 0.467 bits per heavy atom. The fourth-order valence-electron chi connectivity index (χ4n) is 10.0. The van der Waals surface area contributed by atoms with Crippen LogP contribution in [-0.4, -0.2) is 23.1 Å². The van der Waals surface area contributed by atoms with Crippen LogP contribution in [0.2, 0.25) is 0 Å². The van der Waals surface area contributed by atoms with Crippen molar-refractivity contribution in [2.45, 2.75) is 37.7 Å². The summed E-state index contributed by atoms with van der Waals surface area (Å²) in [7, 11) is 0. The van der Waals surface area contributed by atoms with Gasteiger partial charge < -0.3 is 4.74 Å². The quantitative estimate of drug-likeness (QED) is 0.0985. The van der Waals surface area contributed by atoms with Crippen LogP contribution in [0.25, 0.3) is 74.4 Å². The maximum absolute atomic E-state index is 13.9. The lowest BCUT2D eigenvalue weighted by atomic mass is 9.78. The zero-order valence-corrected chi connectivity index (χ0v) is 34.3. The minimum atomic E-state index is -0.511. The Balaban J connectivity index is 0.871. The number of allylic oxidation sites excluding steroid dienone is 2. The molecule has 1 spiro atoms. The molecule has 0 N–H and O–H groups in total. The Bertz CT molecular complexity index is 3430. The standard InChI is InChI=1S/C52H30O5S3/c53-44-36-18-30-14-26-8-2-3-9-27(26)15-31(30)19-37(36)45(54)40(44)22-34-24-42-49(58-34)51-48(57-52(42)12-6-1-7-13-52)50-43(60-51)25-35(59-50)23-41-46(55)38-20-32-16-28-10-4-5-11-29(28)17-33(32)21-39(38)47(41)56/h2-5,8-11,14-25H,1,6-7,12-13H2. The highest BCUT2D eigenvalue weighted by Gasteiger charge is 2.45. The Labute approximate surface area is 354 Å². The van der Waals surface area contributed by atoms with Gasteiger partial charge in [0.2, 0.25) is 0 Å². The number of Topliss-reactive ketones (excluding diaryl/α,β-unsaturated/α-hetero) is 4. The number of rotatable bonds is 2. The first-order valence-electron chi connectivity index (χ1n) is 20.2. The lowest BCUT2D eigenvalue weighted by molar-refractivity contribution is 0.0267. The predicted molar refractivity (Wildman–Crippen MR) is 245 cm³/mol. The van der Waals surface area contributed by atoms with Crippen LogP contribution < -0.4 is 4.74 Å². The summed E-state index contributed by atoms with van der Waals surface area (Å²) < 4.78 is 9.21. The normalized spacial score (nSPS) is 16.7. The van der Waals surface area contributed by atoms with Gasteiger partial charge in [0.1, 0.15) is 5.60 Å². The molecule has 1 fully saturated rings. The largest absolute Gasteiger partial charge is 0.479 e. The van der Waals surface area contributed by atoms with Crippen molar-refractivity contribution >= 4 is 122 Å². The second kappa shape index (κ2) is 12.4. The van der Waals surface area contributed by atoms with Crippen LogP contribution in [0, 0.1) is 0 Å². The SMILES string of the molecule is O=C1C(=Cc2cc3c(s2)-c2sc4cc(C=C5C(=O)c6cc7cc8ccccc8cc7cc6C5=O)sc4c2OC32CCCCC2)C(=O)c2cc3cc4ccccc4cc3cc21. The molecule has 9 aromatic rings. The van der Waals surface area contributed by atoms with Gasteiger partial charge in [-0.15, -0.1) is 34.0 Å². The number of hydrogen-bond acceptors (Lipinski definition) is 8. The zero-order chi connectivity index (χ0) is 40.0. The average molecular weight is 831 g/mol. The van der Waals surface area contributed by atoms with Crippen LogP contribution in [0.5, 0.6) is 5.75 Å². The second-order valence-corrected chi connectivity index (χ2v) is 19.7. The van der Waals surface area contributed by atoms with E-state index in [2.05, 4.69) is 60.7 Å². The molecular weight excluding hydrogens is 801 g/mol. The number of benzene rings is 6. The second-order valence-electron chi connectivity index (χ2n) is 16.5. The van der Waals surface area contributed by atoms with E-state index >= 15 is 0 Å². The van der Waals surface area contributed by atoms with Crippen LogP contribution in [0.3, 0.4) is 0 Å². The van der Waals surface area contributed by atoms with Crippen molar-refractivity contribution in [3.8, 4) is 15.5 Å². The highest BCUT2D eigenvalue weighted by molar-refractivity contribution is 7.32. The molecule has 0 atom stereocenters. The van der Waals surface area contributed by atoms with Crippen molar-refractivity contribution < 1.29 is 23.9 Å².